The molecule has 0 unspecified atom stereocenters. The van der Waals surface area contributed by atoms with Gasteiger partial charge >= 0.3 is 0 Å². The van der Waals surface area contributed by atoms with E-state index in [9.17, 15) is 4.79 Å². The molecule has 1 aliphatic heterocycles. The maximum Gasteiger partial charge on any atom is 0.172 e. The molecule has 2 aromatic rings. The van der Waals surface area contributed by atoms with Crippen LogP contribution in [0, 0.1) is 0 Å². The first kappa shape index (κ1) is 11.0. The lowest BCUT2D eigenvalue weighted by Crippen LogP contribution is -2.21. The van der Waals surface area contributed by atoms with Crippen LogP contribution in [-0.2, 0) is 7.05 Å². The van der Waals surface area contributed by atoms with Crippen molar-refractivity contribution < 1.29 is 4.79 Å². The second-order valence-corrected chi connectivity index (χ2v) is 4.53. The molecule has 1 aromatic heterocycles. The number of aromatic nitrogens is 1. The lowest BCUT2D eigenvalue weighted by Gasteiger charge is -2.00. The molecule has 1 aliphatic rings. The standard InChI is InChI=1S/C14H15N3O/c1-17-9-11(10-4-2-3-5-12(10)17)13(18)8-14-15-6-7-16-14/h2-5,9H,6-8H2,1H3,(H,15,16). The monoisotopic (exact) mass is 241 g/mol. The zero-order chi connectivity index (χ0) is 12.5. The Labute approximate surface area is 105 Å². The first-order valence-corrected chi connectivity index (χ1v) is 6.10. The lowest BCUT2D eigenvalue weighted by atomic mass is 10.1. The summed E-state index contributed by atoms with van der Waals surface area (Å²) in [7, 11) is 1.96. The van der Waals surface area contributed by atoms with Crippen molar-refractivity contribution in [3.05, 3.63) is 36.0 Å². The Morgan fingerprint density at radius 2 is 2.28 bits per heavy atom. The van der Waals surface area contributed by atoms with Crippen LogP contribution in [0.5, 0.6) is 0 Å². The molecule has 0 atom stereocenters. The molecule has 0 fully saturated rings. The Morgan fingerprint density at radius 3 is 3.06 bits per heavy atom. The average molecular weight is 241 g/mol. The SMILES string of the molecule is Cn1cc(C(=O)CC2=NCCN2)c2ccccc21. The first-order valence-electron chi connectivity index (χ1n) is 6.10. The molecular weight excluding hydrogens is 226 g/mol. The van der Waals surface area contributed by atoms with Gasteiger partial charge in [0.05, 0.1) is 13.0 Å². The van der Waals surface area contributed by atoms with E-state index in [1.165, 1.54) is 0 Å². The number of nitrogens with zero attached hydrogens (tertiary/aromatic N) is 2. The number of fused-ring (bicyclic) bond motifs is 1. The molecule has 92 valence electrons. The highest BCUT2D eigenvalue weighted by molar-refractivity contribution is 6.15. The van der Waals surface area contributed by atoms with Crippen LogP contribution < -0.4 is 5.32 Å². The second kappa shape index (κ2) is 4.29. The zero-order valence-corrected chi connectivity index (χ0v) is 10.3. The van der Waals surface area contributed by atoms with Crippen molar-refractivity contribution in [1.82, 2.24) is 9.88 Å². The molecule has 1 aromatic carbocycles. The van der Waals surface area contributed by atoms with Gasteiger partial charge in [-0.3, -0.25) is 9.79 Å². The minimum atomic E-state index is 0.125. The molecule has 1 N–H and O–H groups in total. The molecule has 0 bridgehead atoms. The van der Waals surface area contributed by atoms with Crippen molar-refractivity contribution in [2.24, 2.45) is 12.0 Å². The Kier molecular flexibility index (Phi) is 2.63. The summed E-state index contributed by atoms with van der Waals surface area (Å²) < 4.78 is 1.99. The minimum Gasteiger partial charge on any atom is -0.372 e. The van der Waals surface area contributed by atoms with Crippen LogP contribution in [0.15, 0.2) is 35.5 Å². The van der Waals surface area contributed by atoms with Gasteiger partial charge in [-0.05, 0) is 6.07 Å². The largest absolute Gasteiger partial charge is 0.372 e. The van der Waals surface area contributed by atoms with Crippen LogP contribution in [0.25, 0.3) is 10.9 Å². The highest BCUT2D eigenvalue weighted by atomic mass is 16.1. The van der Waals surface area contributed by atoms with Gasteiger partial charge in [0.15, 0.2) is 5.78 Å². The van der Waals surface area contributed by atoms with Gasteiger partial charge in [0, 0.05) is 36.3 Å². The van der Waals surface area contributed by atoms with E-state index in [0.717, 1.165) is 35.4 Å². The van der Waals surface area contributed by atoms with Crippen molar-refractivity contribution in [3.8, 4) is 0 Å². The number of hydrogen-bond acceptors (Lipinski definition) is 3. The zero-order valence-electron chi connectivity index (χ0n) is 10.3. The molecule has 0 saturated carbocycles. The van der Waals surface area contributed by atoms with Crippen molar-refractivity contribution in [2.45, 2.75) is 6.42 Å². The fraction of sp³-hybridized carbons (Fsp3) is 0.286. The molecule has 4 heteroatoms. The fourth-order valence-electron chi connectivity index (χ4n) is 2.38. The van der Waals surface area contributed by atoms with Crippen LogP contribution >= 0.6 is 0 Å². The van der Waals surface area contributed by atoms with Gasteiger partial charge in [-0.1, -0.05) is 18.2 Å². The third-order valence-corrected chi connectivity index (χ3v) is 3.27. The summed E-state index contributed by atoms with van der Waals surface area (Å²) in [6, 6.07) is 7.97. The second-order valence-electron chi connectivity index (χ2n) is 4.53. The molecule has 0 radical (unpaired) electrons. The number of nitrogens with one attached hydrogen (secondary N) is 1. The summed E-state index contributed by atoms with van der Waals surface area (Å²) in [5.41, 5.74) is 1.87. The van der Waals surface area contributed by atoms with Crippen molar-refractivity contribution >= 4 is 22.5 Å². The number of Topliss-reactive ketones (excluding diaryl/α,β-unsaturated/α-hetero) is 1. The van der Waals surface area contributed by atoms with Crippen LogP contribution in [-0.4, -0.2) is 29.3 Å². The van der Waals surface area contributed by atoms with E-state index in [1.54, 1.807) is 0 Å². The molecule has 4 nitrogen and oxygen atoms in total. The lowest BCUT2D eigenvalue weighted by molar-refractivity contribution is 0.100. The summed E-state index contributed by atoms with van der Waals surface area (Å²) in [5.74, 6) is 0.938. The maximum absolute atomic E-state index is 12.3. The van der Waals surface area contributed by atoms with Gasteiger partial charge < -0.3 is 9.88 Å². The number of amidine groups is 1. The van der Waals surface area contributed by atoms with Crippen molar-refractivity contribution in [1.29, 1.82) is 0 Å². The molecule has 0 amide bonds. The van der Waals surface area contributed by atoms with Crippen LogP contribution in [0.2, 0.25) is 0 Å². The van der Waals surface area contributed by atoms with E-state index >= 15 is 0 Å². The van der Waals surface area contributed by atoms with Gasteiger partial charge in [0.1, 0.15) is 5.84 Å². The predicted octanol–water partition coefficient (Wildman–Crippen LogP) is 1.75. The van der Waals surface area contributed by atoms with Crippen molar-refractivity contribution in [2.75, 3.05) is 13.1 Å². The summed E-state index contributed by atoms with van der Waals surface area (Å²) in [6.45, 7) is 1.62. The number of ketones is 1. The van der Waals surface area contributed by atoms with Crippen LogP contribution in [0.4, 0.5) is 0 Å². The third kappa shape index (κ3) is 1.79. The summed E-state index contributed by atoms with van der Waals surface area (Å²) in [5, 5.41) is 4.15. The van der Waals surface area contributed by atoms with E-state index in [0.29, 0.717) is 6.42 Å². The first-order chi connectivity index (χ1) is 8.75. The smallest absolute Gasteiger partial charge is 0.172 e. The highest BCUT2D eigenvalue weighted by Gasteiger charge is 2.16. The van der Waals surface area contributed by atoms with E-state index in [1.807, 2.05) is 42.1 Å². The Hall–Kier alpha value is -2.10. The molecule has 0 saturated heterocycles. The van der Waals surface area contributed by atoms with Gasteiger partial charge in [-0.2, -0.15) is 0 Å². The van der Waals surface area contributed by atoms with Crippen molar-refractivity contribution in [3.63, 3.8) is 0 Å². The molecule has 0 aliphatic carbocycles. The number of para-hydroxylation sites is 1. The van der Waals surface area contributed by atoms with E-state index in [4.69, 9.17) is 0 Å². The van der Waals surface area contributed by atoms with Crippen LogP contribution in [0.1, 0.15) is 16.8 Å². The van der Waals surface area contributed by atoms with Crippen LogP contribution in [0.3, 0.4) is 0 Å². The summed E-state index contributed by atoms with van der Waals surface area (Å²) in [6.07, 6.45) is 2.27. The number of hydrogen-bond donors (Lipinski definition) is 1. The average Bonchev–Trinajstić information content (AvgIpc) is 2.98. The minimum absolute atomic E-state index is 0.125. The number of aliphatic imine (C=N–C) groups is 1. The molecule has 18 heavy (non-hydrogen) atoms. The topological polar surface area (TPSA) is 46.4 Å². The maximum atomic E-state index is 12.3. The van der Waals surface area contributed by atoms with Gasteiger partial charge in [-0.25, -0.2) is 0 Å². The van der Waals surface area contributed by atoms with E-state index in [-0.39, 0.29) is 5.78 Å². The Morgan fingerprint density at radius 1 is 1.44 bits per heavy atom. The van der Waals surface area contributed by atoms with E-state index < -0.39 is 0 Å². The fourth-order valence-corrected chi connectivity index (χ4v) is 2.38. The summed E-state index contributed by atoms with van der Waals surface area (Å²) >= 11 is 0. The van der Waals surface area contributed by atoms with Gasteiger partial charge in [-0.15, -0.1) is 0 Å². The molecule has 0 spiro atoms. The van der Waals surface area contributed by atoms with E-state index in [2.05, 4.69) is 10.3 Å². The van der Waals surface area contributed by atoms with Gasteiger partial charge in [0.2, 0.25) is 0 Å². The quantitative estimate of drug-likeness (QED) is 0.832. The summed E-state index contributed by atoms with van der Waals surface area (Å²) in [4.78, 5) is 16.6. The molecule has 3 rings (SSSR count). The molecule has 2 heterocycles. The normalized spacial score (nSPS) is 14.6. The Balaban J connectivity index is 1.96. The third-order valence-electron chi connectivity index (χ3n) is 3.27. The number of rotatable bonds is 3. The number of benzene rings is 1. The highest BCUT2D eigenvalue weighted by Crippen LogP contribution is 2.21. The Bertz CT molecular complexity index is 640. The van der Waals surface area contributed by atoms with Gasteiger partial charge in [0.25, 0.3) is 0 Å². The predicted molar refractivity (Wildman–Crippen MR) is 72.2 cm³/mol. The number of aryl methyl sites for hydroxylation is 1. The number of carbonyl (C=O) groups excluding carboxylic acids is 1. The number of carbonyl (C=O) groups is 1. The molecular formula is C14H15N3O.